The molecule has 348 valence electrons. The van der Waals surface area contributed by atoms with Crippen molar-refractivity contribution >= 4 is 48.4 Å². The monoisotopic (exact) mass is 935 g/mol. The van der Waals surface area contributed by atoms with E-state index in [1.54, 1.807) is 6.92 Å². The summed E-state index contributed by atoms with van der Waals surface area (Å²) in [5.41, 5.74) is 9.54. The zero-order valence-corrected chi connectivity index (χ0v) is 38.5. The quantitative estimate of drug-likeness (QED) is 0.0593. The molecule has 0 saturated carbocycles. The average molecular weight is 936 g/mol. The summed E-state index contributed by atoms with van der Waals surface area (Å²) < 4.78 is 61.6. The van der Waals surface area contributed by atoms with Gasteiger partial charge in [0, 0.05) is 65.3 Å². The molecule has 18 heteroatoms. The van der Waals surface area contributed by atoms with Crippen LogP contribution in [0.3, 0.4) is 0 Å². The summed E-state index contributed by atoms with van der Waals surface area (Å²) in [6.07, 6.45) is 17.7. The summed E-state index contributed by atoms with van der Waals surface area (Å²) in [6, 6.07) is 17.3. The molecule has 0 spiro atoms. The van der Waals surface area contributed by atoms with Crippen molar-refractivity contribution in [3.8, 4) is 0 Å². The number of halogens is 7. The van der Waals surface area contributed by atoms with Crippen LogP contribution < -0.4 is 10.2 Å². The summed E-state index contributed by atoms with van der Waals surface area (Å²) in [7, 11) is -10.7. The molecule has 1 aromatic heterocycles. The van der Waals surface area contributed by atoms with Gasteiger partial charge in [-0.15, -0.1) is 20.4 Å². The molecule has 0 bridgehead atoms. The Kier molecular flexibility index (Phi) is 15.4. The molecule has 10 nitrogen and oxygen atoms in total. The molecule has 0 atom stereocenters. The predicted octanol–water partition coefficient (Wildman–Crippen LogP) is 12.7. The molecule has 2 aromatic carbocycles. The number of para-hydroxylation sites is 2. The van der Waals surface area contributed by atoms with Crippen molar-refractivity contribution in [2.75, 3.05) is 18.0 Å². The molecule has 0 saturated heterocycles. The Labute approximate surface area is 375 Å². The van der Waals surface area contributed by atoms with Crippen molar-refractivity contribution < 1.29 is 44.5 Å². The Morgan fingerprint density at radius 3 is 2.12 bits per heavy atom. The van der Waals surface area contributed by atoms with E-state index in [1.165, 1.54) is 33.9 Å². The standard InChI is InChI=1S/C46H56ClN7O3.F6P/c1-32-49-51-41(52-50-32)31-48-42(55)23-8-6-14-29-53-37-21-12-10-19-35(37)45(2,3)39(53)27-25-33-17-16-18-34(44(33)47)26-28-40-46(4,5)36-20-11-13-22-38(36)54(40)30-15-7-9-24-43(56)57;1-7(2,3,4,5)6/h10-13,19-22,25-28H,6-9,14-18,23-24,29-31H2,1-5H3,(H-,48,55,56,57);/q;-1/p+1. The molecule has 64 heavy (non-hydrogen) atoms. The second-order valence-corrected chi connectivity index (χ2v) is 19.7. The van der Waals surface area contributed by atoms with Crippen LogP contribution in [0.15, 0.2) is 94.7 Å². The summed E-state index contributed by atoms with van der Waals surface area (Å²) in [5.74, 6) is 0.145. The third-order valence-corrected chi connectivity index (χ3v) is 12.0. The normalized spacial score (nSPS) is 19.0. The number of aliphatic carboxylic acids is 1. The third-order valence-electron chi connectivity index (χ3n) is 11.6. The zero-order valence-electron chi connectivity index (χ0n) is 36.9. The van der Waals surface area contributed by atoms with E-state index in [2.05, 4.69) is 136 Å². The minimum atomic E-state index is -10.7. The van der Waals surface area contributed by atoms with Crippen molar-refractivity contribution in [1.29, 1.82) is 0 Å². The fourth-order valence-electron chi connectivity index (χ4n) is 8.42. The van der Waals surface area contributed by atoms with Crippen LogP contribution in [0.1, 0.15) is 121 Å². The van der Waals surface area contributed by atoms with Crippen molar-refractivity contribution in [1.82, 2.24) is 25.7 Å². The van der Waals surface area contributed by atoms with Crippen LogP contribution in [0.5, 0.6) is 0 Å². The number of carbonyl (C=O) groups excluding carboxylic acids is 1. The van der Waals surface area contributed by atoms with Gasteiger partial charge in [-0.1, -0.05) is 80.4 Å². The summed E-state index contributed by atoms with van der Waals surface area (Å²) >= 11 is 7.26. The third kappa shape index (κ3) is 14.3. The number of amides is 1. The number of allylic oxidation sites excluding steroid dienone is 8. The number of carboxylic acid groups (broad SMARTS) is 1. The minimum absolute atomic E-state index is 0.0244. The first-order valence-electron chi connectivity index (χ1n) is 21.5. The average Bonchev–Trinajstić information content (AvgIpc) is 3.56. The van der Waals surface area contributed by atoms with Gasteiger partial charge in [0.15, 0.2) is 17.4 Å². The van der Waals surface area contributed by atoms with Gasteiger partial charge in [-0.3, -0.25) is 9.59 Å². The molecule has 3 aliphatic rings. The van der Waals surface area contributed by atoms with E-state index in [0.717, 1.165) is 80.6 Å². The number of hydrogen-bond acceptors (Lipinski definition) is 7. The Bertz CT molecular complexity index is 2350. The number of nitrogens with one attached hydrogen (secondary N) is 1. The number of hydrogen-bond donors (Lipinski definition) is 2. The Morgan fingerprint density at radius 2 is 1.44 bits per heavy atom. The fraction of sp³-hybridized carbons (Fsp3) is 0.457. The van der Waals surface area contributed by atoms with Gasteiger partial charge >= 0.3 is 39.0 Å². The van der Waals surface area contributed by atoms with Crippen molar-refractivity contribution in [3.63, 3.8) is 0 Å². The van der Waals surface area contributed by atoms with Crippen LogP contribution >= 0.6 is 19.4 Å². The van der Waals surface area contributed by atoms with Gasteiger partial charge in [0.25, 0.3) is 0 Å². The van der Waals surface area contributed by atoms with Crippen LogP contribution in [-0.2, 0) is 27.0 Å². The van der Waals surface area contributed by atoms with Crippen LogP contribution in [-0.4, -0.2) is 60.8 Å². The molecular formula is C46H57ClF6N7O3P. The number of anilines is 1. The van der Waals surface area contributed by atoms with Crippen molar-refractivity contribution in [3.05, 3.63) is 117 Å². The zero-order chi connectivity index (χ0) is 47.0. The van der Waals surface area contributed by atoms with Crippen LogP contribution in [0, 0.1) is 6.92 Å². The molecule has 3 heterocycles. The second kappa shape index (κ2) is 19.7. The van der Waals surface area contributed by atoms with E-state index < -0.39 is 13.8 Å². The van der Waals surface area contributed by atoms with E-state index >= 15 is 0 Å². The van der Waals surface area contributed by atoms with E-state index in [1.807, 2.05) is 0 Å². The Morgan fingerprint density at radius 1 is 0.812 bits per heavy atom. The predicted molar refractivity (Wildman–Crippen MR) is 240 cm³/mol. The SMILES string of the molecule is Cc1nnc(CNC(=O)CCCCC[N+]2=C(/C=C/C3=C(Cl)C(=C/C=C4/N(CCCCCC(=O)O)c5ccccc5C4(C)C)/CCC3)C(C)(C)c3ccccc32)nn1.F[P-](F)(F)(F)(F)F. The number of fused-ring (bicyclic) bond motifs is 2. The number of nitrogens with zero attached hydrogens (tertiary/aromatic N) is 6. The van der Waals surface area contributed by atoms with E-state index in [0.29, 0.717) is 24.5 Å². The number of rotatable bonds is 17. The van der Waals surface area contributed by atoms with E-state index in [-0.39, 0.29) is 29.7 Å². The Hall–Kier alpha value is -4.95. The van der Waals surface area contributed by atoms with E-state index in [9.17, 15) is 34.8 Å². The number of benzene rings is 2. The number of carboxylic acids is 1. The summed E-state index contributed by atoms with van der Waals surface area (Å²) in [5, 5.41) is 28.5. The van der Waals surface area contributed by atoms with Gasteiger partial charge in [0.1, 0.15) is 6.54 Å². The molecular weight excluding hydrogens is 879 g/mol. The van der Waals surface area contributed by atoms with Gasteiger partial charge in [-0.05, 0) is 94.6 Å². The molecule has 2 aliphatic heterocycles. The van der Waals surface area contributed by atoms with Gasteiger partial charge < -0.3 is 15.3 Å². The molecule has 0 radical (unpaired) electrons. The number of unbranched alkanes of at least 4 members (excludes halogenated alkanes) is 4. The first-order chi connectivity index (χ1) is 29.8. The first kappa shape index (κ1) is 50.1. The van der Waals surface area contributed by atoms with Gasteiger partial charge in [0.05, 0.1) is 12.0 Å². The molecule has 3 aromatic rings. The number of carbonyl (C=O) groups is 2. The molecule has 2 N–H and O–H groups in total. The van der Waals surface area contributed by atoms with Gasteiger partial charge in [0.2, 0.25) is 11.6 Å². The van der Waals surface area contributed by atoms with E-state index in [4.69, 9.17) is 16.7 Å². The molecule has 0 fully saturated rings. The van der Waals surface area contributed by atoms with Gasteiger partial charge in [-0.25, -0.2) is 0 Å². The molecule has 1 aliphatic carbocycles. The maximum atomic E-state index is 12.5. The molecule has 0 unspecified atom stereocenters. The fourth-order valence-corrected chi connectivity index (χ4v) is 8.74. The molecule has 6 rings (SSSR count). The topological polar surface area (TPSA) is 124 Å². The summed E-state index contributed by atoms with van der Waals surface area (Å²) in [6.45, 7) is 12.8. The molecule has 1 amide bonds. The number of aryl methyl sites for hydroxylation is 1. The van der Waals surface area contributed by atoms with Gasteiger partial charge in [-0.2, -0.15) is 4.58 Å². The maximum absolute atomic E-state index is 12.5. The van der Waals surface area contributed by atoms with Crippen LogP contribution in [0.4, 0.5) is 36.6 Å². The van der Waals surface area contributed by atoms with Crippen molar-refractivity contribution in [2.45, 2.75) is 123 Å². The first-order valence-corrected chi connectivity index (χ1v) is 23.9. The number of aromatic nitrogens is 4. The summed E-state index contributed by atoms with van der Waals surface area (Å²) in [4.78, 5) is 26.0. The van der Waals surface area contributed by atoms with Crippen molar-refractivity contribution in [2.24, 2.45) is 0 Å². The second-order valence-electron chi connectivity index (χ2n) is 17.4. The Balaban J connectivity index is 0.00000102. The van der Waals surface area contributed by atoms with Crippen LogP contribution in [0.2, 0.25) is 0 Å². The van der Waals surface area contributed by atoms with Crippen LogP contribution in [0.25, 0.3) is 0 Å².